The molecule has 1 aliphatic carbocycles. The highest BCUT2D eigenvalue weighted by Gasteiger charge is 2.21. The molecule has 0 aromatic heterocycles. The molecule has 0 unspecified atom stereocenters. The minimum Gasteiger partial charge on any atom is -0.372 e. The van der Waals surface area contributed by atoms with E-state index in [2.05, 4.69) is 62.3 Å². The Morgan fingerprint density at radius 1 is 1.10 bits per heavy atom. The molecule has 0 heterocycles. The molecule has 2 nitrogen and oxygen atoms in total. The van der Waals surface area contributed by atoms with E-state index >= 15 is 0 Å². The molecule has 1 saturated carbocycles. The zero-order valence-corrected chi connectivity index (χ0v) is 13.5. The smallest absolute Gasteiger partial charge is 0.0366 e. The fraction of sp³-hybridized carbons (Fsp3) is 0.667. The maximum Gasteiger partial charge on any atom is 0.0366 e. The van der Waals surface area contributed by atoms with Crippen LogP contribution in [-0.4, -0.2) is 19.1 Å². The average molecular weight is 274 g/mol. The first kappa shape index (κ1) is 15.4. The van der Waals surface area contributed by atoms with Gasteiger partial charge in [-0.1, -0.05) is 32.9 Å². The Kier molecular flexibility index (Phi) is 5.47. The van der Waals surface area contributed by atoms with Gasteiger partial charge < -0.3 is 10.2 Å². The number of nitrogens with one attached hydrogen (secondary N) is 1. The van der Waals surface area contributed by atoms with Gasteiger partial charge in [0.15, 0.2) is 0 Å². The second-order valence-corrected chi connectivity index (χ2v) is 6.73. The molecule has 0 atom stereocenters. The van der Waals surface area contributed by atoms with Crippen molar-refractivity contribution in [1.82, 2.24) is 5.32 Å². The number of hydrogen-bond acceptors (Lipinski definition) is 2. The quantitative estimate of drug-likeness (QED) is 0.865. The highest BCUT2D eigenvalue weighted by Crippen LogP contribution is 2.29. The lowest BCUT2D eigenvalue weighted by Gasteiger charge is -2.35. The topological polar surface area (TPSA) is 15.3 Å². The van der Waals surface area contributed by atoms with E-state index < -0.39 is 0 Å². The second kappa shape index (κ2) is 7.12. The van der Waals surface area contributed by atoms with Crippen molar-refractivity contribution >= 4 is 5.69 Å². The number of anilines is 1. The lowest BCUT2D eigenvalue weighted by Crippen LogP contribution is -2.34. The zero-order valence-electron chi connectivity index (χ0n) is 13.5. The molecule has 1 N–H and O–H groups in total. The summed E-state index contributed by atoms with van der Waals surface area (Å²) >= 11 is 0. The van der Waals surface area contributed by atoms with Crippen LogP contribution >= 0.6 is 0 Å². The van der Waals surface area contributed by atoms with Crippen LogP contribution in [0.3, 0.4) is 0 Å². The number of nitrogens with zero attached hydrogens (tertiary/aromatic N) is 1. The van der Waals surface area contributed by atoms with Crippen LogP contribution in [0.1, 0.15) is 52.0 Å². The van der Waals surface area contributed by atoms with Gasteiger partial charge in [-0.2, -0.15) is 0 Å². The van der Waals surface area contributed by atoms with Crippen LogP contribution in [0.2, 0.25) is 0 Å². The van der Waals surface area contributed by atoms with Crippen molar-refractivity contribution in [1.29, 1.82) is 0 Å². The molecule has 0 spiro atoms. The maximum absolute atomic E-state index is 3.47. The Labute approximate surface area is 124 Å². The molecular formula is C18H30N2. The van der Waals surface area contributed by atoms with Crippen molar-refractivity contribution in [2.45, 2.75) is 65.1 Å². The van der Waals surface area contributed by atoms with Crippen LogP contribution in [0, 0.1) is 5.92 Å². The van der Waals surface area contributed by atoms with E-state index in [0.717, 1.165) is 18.5 Å². The molecule has 0 radical (unpaired) electrons. The lowest BCUT2D eigenvalue weighted by atomic mass is 9.86. The van der Waals surface area contributed by atoms with E-state index in [1.165, 1.54) is 36.9 Å². The van der Waals surface area contributed by atoms with Crippen LogP contribution < -0.4 is 10.2 Å². The van der Waals surface area contributed by atoms with Gasteiger partial charge >= 0.3 is 0 Å². The molecule has 112 valence electrons. The van der Waals surface area contributed by atoms with Crippen LogP contribution in [0.5, 0.6) is 0 Å². The molecule has 1 fully saturated rings. The van der Waals surface area contributed by atoms with Crippen LogP contribution in [-0.2, 0) is 6.54 Å². The molecule has 20 heavy (non-hydrogen) atoms. The summed E-state index contributed by atoms with van der Waals surface area (Å²) in [5.74, 6) is 0.920. The van der Waals surface area contributed by atoms with Gasteiger partial charge in [-0.05, 0) is 49.3 Å². The van der Waals surface area contributed by atoms with E-state index in [1.54, 1.807) is 0 Å². The van der Waals surface area contributed by atoms with E-state index in [9.17, 15) is 0 Å². The van der Waals surface area contributed by atoms with Crippen molar-refractivity contribution in [2.24, 2.45) is 5.92 Å². The summed E-state index contributed by atoms with van der Waals surface area (Å²) in [7, 11) is 2.25. The fourth-order valence-electron chi connectivity index (χ4n) is 3.01. The maximum atomic E-state index is 3.47. The largest absolute Gasteiger partial charge is 0.372 e. The molecule has 1 aromatic carbocycles. The van der Waals surface area contributed by atoms with E-state index in [1.807, 2.05) is 0 Å². The van der Waals surface area contributed by atoms with E-state index in [-0.39, 0.29) is 0 Å². The Morgan fingerprint density at radius 2 is 1.70 bits per heavy atom. The van der Waals surface area contributed by atoms with Gasteiger partial charge in [0.2, 0.25) is 0 Å². The summed E-state index contributed by atoms with van der Waals surface area (Å²) in [5, 5.41) is 3.47. The number of rotatable bonds is 5. The fourth-order valence-corrected chi connectivity index (χ4v) is 3.01. The standard InChI is InChI=1S/C18H30N2/c1-14(2)19-13-16-7-11-18(12-8-16)20(4)17-9-5-15(3)6-10-17/h7-8,11-12,14-15,17,19H,5-6,9-10,13H2,1-4H3. The third kappa shape index (κ3) is 4.24. The highest BCUT2D eigenvalue weighted by atomic mass is 15.1. The average Bonchev–Trinajstić information content (AvgIpc) is 2.46. The minimum atomic E-state index is 0.543. The molecular weight excluding hydrogens is 244 g/mol. The summed E-state index contributed by atoms with van der Waals surface area (Å²) in [6.07, 6.45) is 5.44. The SMILES string of the molecule is CC1CCC(N(C)c2ccc(CNC(C)C)cc2)CC1. The van der Waals surface area contributed by atoms with Crippen molar-refractivity contribution in [3.8, 4) is 0 Å². The Hall–Kier alpha value is -1.02. The van der Waals surface area contributed by atoms with Crippen molar-refractivity contribution in [3.05, 3.63) is 29.8 Å². The summed E-state index contributed by atoms with van der Waals surface area (Å²) < 4.78 is 0. The third-order valence-corrected chi connectivity index (χ3v) is 4.59. The van der Waals surface area contributed by atoms with Gasteiger partial charge in [-0.25, -0.2) is 0 Å². The summed E-state index contributed by atoms with van der Waals surface area (Å²) in [6, 6.07) is 10.3. The van der Waals surface area contributed by atoms with Gasteiger partial charge in [-0.3, -0.25) is 0 Å². The predicted molar refractivity (Wildman–Crippen MR) is 88.2 cm³/mol. The van der Waals surface area contributed by atoms with E-state index in [0.29, 0.717) is 6.04 Å². The Bertz CT molecular complexity index is 388. The van der Waals surface area contributed by atoms with Crippen molar-refractivity contribution in [2.75, 3.05) is 11.9 Å². The zero-order chi connectivity index (χ0) is 14.5. The summed E-state index contributed by atoms with van der Waals surface area (Å²) in [5.41, 5.74) is 2.73. The summed E-state index contributed by atoms with van der Waals surface area (Å²) in [4.78, 5) is 2.48. The Morgan fingerprint density at radius 3 is 2.25 bits per heavy atom. The highest BCUT2D eigenvalue weighted by molar-refractivity contribution is 5.47. The first-order valence-electron chi connectivity index (χ1n) is 8.11. The summed E-state index contributed by atoms with van der Waals surface area (Å²) in [6.45, 7) is 7.72. The first-order valence-corrected chi connectivity index (χ1v) is 8.11. The molecule has 2 rings (SSSR count). The molecule has 1 aliphatic rings. The molecule has 0 amide bonds. The third-order valence-electron chi connectivity index (χ3n) is 4.59. The first-order chi connectivity index (χ1) is 9.56. The van der Waals surface area contributed by atoms with E-state index in [4.69, 9.17) is 0 Å². The Balaban J connectivity index is 1.91. The second-order valence-electron chi connectivity index (χ2n) is 6.73. The van der Waals surface area contributed by atoms with Gasteiger partial charge in [0.05, 0.1) is 0 Å². The molecule has 1 aromatic rings. The van der Waals surface area contributed by atoms with Gasteiger partial charge in [0.1, 0.15) is 0 Å². The van der Waals surface area contributed by atoms with Gasteiger partial charge in [-0.15, -0.1) is 0 Å². The van der Waals surface area contributed by atoms with Crippen molar-refractivity contribution < 1.29 is 0 Å². The molecule has 2 heteroatoms. The van der Waals surface area contributed by atoms with Gasteiger partial charge in [0, 0.05) is 31.4 Å². The number of hydrogen-bond donors (Lipinski definition) is 1. The monoisotopic (exact) mass is 274 g/mol. The molecule has 0 saturated heterocycles. The van der Waals surface area contributed by atoms with Crippen LogP contribution in [0.4, 0.5) is 5.69 Å². The normalized spacial score (nSPS) is 23.1. The number of benzene rings is 1. The molecule has 0 aliphatic heterocycles. The minimum absolute atomic E-state index is 0.543. The van der Waals surface area contributed by atoms with Crippen LogP contribution in [0.25, 0.3) is 0 Å². The molecule has 0 bridgehead atoms. The van der Waals surface area contributed by atoms with Gasteiger partial charge in [0.25, 0.3) is 0 Å². The van der Waals surface area contributed by atoms with Crippen molar-refractivity contribution in [3.63, 3.8) is 0 Å². The van der Waals surface area contributed by atoms with Crippen LogP contribution in [0.15, 0.2) is 24.3 Å². The lowest BCUT2D eigenvalue weighted by molar-refractivity contribution is 0.341. The predicted octanol–water partition coefficient (Wildman–Crippen LogP) is 4.20.